The van der Waals surface area contributed by atoms with Crippen LogP contribution in [-0.2, 0) is 14.3 Å². The van der Waals surface area contributed by atoms with Gasteiger partial charge in [-0.25, -0.2) is 0 Å². The minimum Gasteiger partial charge on any atom is -0.457 e. The van der Waals surface area contributed by atoms with Gasteiger partial charge in [0.25, 0.3) is 0 Å². The Kier molecular flexibility index (Phi) is 5.74. The Hall–Kier alpha value is -2.90. The zero-order valence-electron chi connectivity index (χ0n) is 14.7. The topological polar surface area (TPSA) is 103 Å². The number of hydrogen-bond acceptors (Lipinski definition) is 6. The molecule has 0 saturated carbocycles. The van der Waals surface area contributed by atoms with E-state index in [0.717, 1.165) is 5.69 Å². The minimum absolute atomic E-state index is 0.0180. The third kappa shape index (κ3) is 4.56. The van der Waals surface area contributed by atoms with Gasteiger partial charge in [0.15, 0.2) is 12.4 Å². The van der Waals surface area contributed by atoms with Crippen molar-refractivity contribution in [2.75, 3.05) is 13.2 Å². The predicted octanol–water partition coefficient (Wildman–Crippen LogP) is 1.64. The van der Waals surface area contributed by atoms with Gasteiger partial charge < -0.3 is 14.6 Å². The third-order valence-corrected chi connectivity index (χ3v) is 3.64. The highest BCUT2D eigenvalue weighted by Gasteiger charge is 2.19. The SMILES string of the molecule is CC(=O)NCCC(=O)OCC(=O)c1cc(C)n(-c2cc(C)on2)c1C. The number of amides is 1. The molecule has 8 heteroatoms. The van der Waals surface area contributed by atoms with Crippen LogP contribution >= 0.6 is 0 Å². The molecular weight excluding hydrogens is 326 g/mol. The molecule has 2 aromatic heterocycles. The molecule has 0 radical (unpaired) electrons. The van der Waals surface area contributed by atoms with Gasteiger partial charge in [-0.2, -0.15) is 0 Å². The highest BCUT2D eigenvalue weighted by atomic mass is 16.5. The Balaban J connectivity index is 2.01. The molecule has 8 nitrogen and oxygen atoms in total. The molecule has 0 spiro atoms. The van der Waals surface area contributed by atoms with Gasteiger partial charge in [-0.1, -0.05) is 5.16 Å². The van der Waals surface area contributed by atoms with Gasteiger partial charge in [0.2, 0.25) is 11.7 Å². The van der Waals surface area contributed by atoms with Crippen molar-refractivity contribution in [1.29, 1.82) is 0 Å². The first-order valence-corrected chi connectivity index (χ1v) is 7.85. The zero-order chi connectivity index (χ0) is 18.6. The molecule has 0 atom stereocenters. The number of Topliss-reactive ketones (excluding diaryl/α,β-unsaturated/α-hetero) is 1. The molecule has 2 aromatic rings. The van der Waals surface area contributed by atoms with Crippen molar-refractivity contribution in [3.05, 3.63) is 34.8 Å². The highest BCUT2D eigenvalue weighted by molar-refractivity contribution is 5.99. The molecule has 25 heavy (non-hydrogen) atoms. The van der Waals surface area contributed by atoms with E-state index in [-0.39, 0.29) is 31.3 Å². The Labute approximate surface area is 145 Å². The maximum atomic E-state index is 12.3. The van der Waals surface area contributed by atoms with Gasteiger partial charge in [-0.05, 0) is 26.8 Å². The molecule has 0 saturated heterocycles. The van der Waals surface area contributed by atoms with Gasteiger partial charge in [0, 0.05) is 36.5 Å². The molecular formula is C17H21N3O5. The number of nitrogens with zero attached hydrogens (tertiary/aromatic N) is 2. The van der Waals surface area contributed by atoms with E-state index in [1.54, 1.807) is 26.0 Å². The average molecular weight is 347 g/mol. The van der Waals surface area contributed by atoms with Crippen molar-refractivity contribution >= 4 is 17.7 Å². The van der Waals surface area contributed by atoms with Crippen LogP contribution in [0.15, 0.2) is 16.7 Å². The van der Waals surface area contributed by atoms with E-state index in [4.69, 9.17) is 9.26 Å². The summed E-state index contributed by atoms with van der Waals surface area (Å²) in [7, 11) is 0. The predicted molar refractivity (Wildman–Crippen MR) is 88.6 cm³/mol. The number of rotatable bonds is 7. The van der Waals surface area contributed by atoms with Gasteiger partial charge in [-0.15, -0.1) is 0 Å². The first-order valence-electron chi connectivity index (χ1n) is 7.85. The Morgan fingerprint density at radius 3 is 2.56 bits per heavy atom. The Morgan fingerprint density at radius 1 is 1.24 bits per heavy atom. The zero-order valence-corrected chi connectivity index (χ0v) is 14.7. The second-order valence-electron chi connectivity index (χ2n) is 5.73. The third-order valence-electron chi connectivity index (χ3n) is 3.64. The number of carbonyl (C=O) groups is 3. The van der Waals surface area contributed by atoms with E-state index in [2.05, 4.69) is 10.5 Å². The van der Waals surface area contributed by atoms with Crippen LogP contribution in [-0.4, -0.2) is 40.5 Å². The molecule has 134 valence electrons. The average Bonchev–Trinajstić information content (AvgIpc) is 3.07. The van der Waals surface area contributed by atoms with E-state index in [1.807, 2.05) is 11.5 Å². The lowest BCUT2D eigenvalue weighted by atomic mass is 10.1. The van der Waals surface area contributed by atoms with Crippen molar-refractivity contribution in [1.82, 2.24) is 15.0 Å². The summed E-state index contributed by atoms with van der Waals surface area (Å²) in [6, 6.07) is 3.50. The fourth-order valence-corrected chi connectivity index (χ4v) is 2.49. The fraction of sp³-hybridized carbons (Fsp3) is 0.412. The van der Waals surface area contributed by atoms with Crippen LogP contribution in [0, 0.1) is 20.8 Å². The summed E-state index contributed by atoms with van der Waals surface area (Å²) in [4.78, 5) is 34.7. The lowest BCUT2D eigenvalue weighted by Gasteiger charge is -2.06. The van der Waals surface area contributed by atoms with Crippen molar-refractivity contribution in [3.63, 3.8) is 0 Å². The van der Waals surface area contributed by atoms with Gasteiger partial charge >= 0.3 is 5.97 Å². The van der Waals surface area contributed by atoms with Crippen LogP contribution in [0.1, 0.15) is 40.9 Å². The van der Waals surface area contributed by atoms with Crippen LogP contribution in [0.4, 0.5) is 0 Å². The number of ketones is 1. The van der Waals surface area contributed by atoms with Crippen LogP contribution in [0.25, 0.3) is 5.82 Å². The van der Waals surface area contributed by atoms with Crippen molar-refractivity contribution in [2.45, 2.75) is 34.1 Å². The maximum absolute atomic E-state index is 12.3. The molecule has 1 amide bonds. The molecule has 0 fully saturated rings. The maximum Gasteiger partial charge on any atom is 0.308 e. The second kappa shape index (κ2) is 7.78. The van der Waals surface area contributed by atoms with Crippen LogP contribution in [0.2, 0.25) is 0 Å². The van der Waals surface area contributed by atoms with Gasteiger partial charge in [-0.3, -0.25) is 19.0 Å². The fourth-order valence-electron chi connectivity index (χ4n) is 2.49. The molecule has 0 bridgehead atoms. The first kappa shape index (κ1) is 18.4. The van der Waals surface area contributed by atoms with Crippen LogP contribution in [0.3, 0.4) is 0 Å². The van der Waals surface area contributed by atoms with Crippen molar-refractivity contribution in [3.8, 4) is 5.82 Å². The van der Waals surface area contributed by atoms with Crippen LogP contribution < -0.4 is 5.32 Å². The van der Waals surface area contributed by atoms with Crippen LogP contribution in [0.5, 0.6) is 0 Å². The summed E-state index contributed by atoms with van der Waals surface area (Å²) >= 11 is 0. The molecule has 0 aromatic carbocycles. The van der Waals surface area contributed by atoms with E-state index < -0.39 is 5.97 Å². The van der Waals surface area contributed by atoms with Gasteiger partial charge in [0.1, 0.15) is 5.76 Å². The summed E-state index contributed by atoms with van der Waals surface area (Å²) in [6.45, 7) is 6.64. The first-order chi connectivity index (χ1) is 11.8. The molecule has 0 aliphatic rings. The number of nitrogens with one attached hydrogen (secondary N) is 1. The molecule has 0 aliphatic carbocycles. The van der Waals surface area contributed by atoms with Crippen molar-refractivity contribution < 1.29 is 23.6 Å². The summed E-state index contributed by atoms with van der Waals surface area (Å²) in [5, 5.41) is 6.45. The lowest BCUT2D eigenvalue weighted by Crippen LogP contribution is -2.24. The Morgan fingerprint density at radius 2 is 1.96 bits per heavy atom. The molecule has 1 N–H and O–H groups in total. The number of aromatic nitrogens is 2. The second-order valence-corrected chi connectivity index (χ2v) is 5.73. The number of hydrogen-bond donors (Lipinski definition) is 1. The monoisotopic (exact) mass is 347 g/mol. The Bertz CT molecular complexity index is 803. The number of aryl methyl sites for hydroxylation is 2. The van der Waals surface area contributed by atoms with E-state index >= 15 is 0 Å². The standard InChI is InChI=1S/C17H21N3O5/c1-10-7-14(12(3)20(10)16-8-11(2)25-19-16)15(22)9-24-17(23)5-6-18-13(4)21/h7-8H,5-6,9H2,1-4H3,(H,18,21). The molecule has 2 heterocycles. The van der Waals surface area contributed by atoms with Gasteiger partial charge in [0.05, 0.1) is 6.42 Å². The largest absolute Gasteiger partial charge is 0.457 e. The molecule has 2 rings (SSSR count). The van der Waals surface area contributed by atoms with E-state index in [9.17, 15) is 14.4 Å². The summed E-state index contributed by atoms with van der Waals surface area (Å²) in [5.74, 6) is 0.206. The number of esters is 1. The quantitative estimate of drug-likeness (QED) is 0.603. The highest BCUT2D eigenvalue weighted by Crippen LogP contribution is 2.21. The van der Waals surface area contributed by atoms with E-state index in [0.29, 0.717) is 22.8 Å². The number of ether oxygens (including phenoxy) is 1. The lowest BCUT2D eigenvalue weighted by molar-refractivity contribution is -0.142. The number of carbonyl (C=O) groups excluding carboxylic acids is 3. The molecule has 0 unspecified atom stereocenters. The summed E-state index contributed by atoms with van der Waals surface area (Å²) < 4.78 is 11.9. The summed E-state index contributed by atoms with van der Waals surface area (Å²) in [6.07, 6.45) is 0.0180. The molecule has 0 aliphatic heterocycles. The smallest absolute Gasteiger partial charge is 0.308 e. The van der Waals surface area contributed by atoms with E-state index in [1.165, 1.54) is 6.92 Å². The summed E-state index contributed by atoms with van der Waals surface area (Å²) in [5.41, 5.74) is 1.99. The minimum atomic E-state index is -0.539. The van der Waals surface area contributed by atoms with Crippen molar-refractivity contribution in [2.24, 2.45) is 0 Å². The normalized spacial score (nSPS) is 10.6.